The summed E-state index contributed by atoms with van der Waals surface area (Å²) in [5.41, 5.74) is 6.42. The molecule has 17 heavy (non-hydrogen) atoms. The fourth-order valence-electron chi connectivity index (χ4n) is 1.50. The Bertz CT molecular complexity index is 332. The van der Waals surface area contributed by atoms with E-state index in [4.69, 9.17) is 15.6 Å². The number of aliphatic hydroxyl groups excluding tert-OH is 1. The van der Waals surface area contributed by atoms with Crippen molar-refractivity contribution in [2.45, 2.75) is 25.7 Å². The first-order valence-electron chi connectivity index (χ1n) is 5.93. The fraction of sp³-hybridized carbons (Fsp3) is 0.583. The number of rotatable bonds is 8. The lowest BCUT2D eigenvalue weighted by molar-refractivity contribution is 0.283. The van der Waals surface area contributed by atoms with Crippen LogP contribution < -0.4 is 15.8 Å². The number of aromatic nitrogens is 1. The maximum atomic E-state index is 8.64. The van der Waals surface area contributed by atoms with Gasteiger partial charge in [-0.2, -0.15) is 4.98 Å². The maximum Gasteiger partial charge on any atom is 0.215 e. The Kier molecular flexibility index (Phi) is 6.17. The fourth-order valence-corrected chi connectivity index (χ4v) is 1.50. The minimum absolute atomic E-state index is 0.276. The molecule has 0 bridgehead atoms. The molecule has 0 unspecified atom stereocenters. The van der Waals surface area contributed by atoms with E-state index in [0.717, 1.165) is 32.2 Å². The van der Waals surface area contributed by atoms with E-state index < -0.39 is 0 Å². The van der Waals surface area contributed by atoms with Crippen molar-refractivity contribution in [2.75, 3.05) is 31.3 Å². The van der Waals surface area contributed by atoms with Gasteiger partial charge in [-0.25, -0.2) is 0 Å². The molecule has 0 amide bonds. The molecule has 96 valence electrons. The van der Waals surface area contributed by atoms with Crippen molar-refractivity contribution in [1.29, 1.82) is 0 Å². The first kappa shape index (κ1) is 13.6. The third-order valence-corrected chi connectivity index (χ3v) is 2.49. The SMILES string of the molecule is COc1ccc(N)c(NCCCCCCO)n1. The first-order chi connectivity index (χ1) is 8.27. The molecule has 5 nitrogen and oxygen atoms in total. The average molecular weight is 239 g/mol. The summed E-state index contributed by atoms with van der Waals surface area (Å²) in [6.07, 6.45) is 4.06. The van der Waals surface area contributed by atoms with Crippen molar-refractivity contribution in [3.05, 3.63) is 12.1 Å². The summed E-state index contributed by atoms with van der Waals surface area (Å²) in [6, 6.07) is 3.52. The van der Waals surface area contributed by atoms with Gasteiger partial charge in [0.25, 0.3) is 0 Å². The number of anilines is 2. The predicted molar refractivity (Wildman–Crippen MR) is 69.2 cm³/mol. The lowest BCUT2D eigenvalue weighted by Gasteiger charge is -2.09. The standard InChI is InChI=1S/C12H21N3O2/c1-17-11-7-6-10(13)12(15-11)14-8-4-2-3-5-9-16/h6-7,16H,2-5,8-9,13H2,1H3,(H,14,15). The predicted octanol–water partition coefficient (Wildman–Crippen LogP) is 1.64. The molecule has 0 spiro atoms. The van der Waals surface area contributed by atoms with E-state index in [0.29, 0.717) is 17.4 Å². The van der Waals surface area contributed by atoms with E-state index in [-0.39, 0.29) is 6.61 Å². The zero-order chi connectivity index (χ0) is 12.5. The summed E-state index contributed by atoms with van der Waals surface area (Å²) >= 11 is 0. The highest BCUT2D eigenvalue weighted by Crippen LogP contribution is 2.19. The van der Waals surface area contributed by atoms with Crippen LogP contribution in [-0.2, 0) is 0 Å². The number of nitrogens with two attached hydrogens (primary N) is 1. The zero-order valence-corrected chi connectivity index (χ0v) is 10.3. The molecule has 0 aliphatic carbocycles. The molecule has 0 aliphatic heterocycles. The number of hydrogen-bond acceptors (Lipinski definition) is 5. The van der Waals surface area contributed by atoms with Crippen LogP contribution in [0.15, 0.2) is 12.1 Å². The molecule has 0 fully saturated rings. The van der Waals surface area contributed by atoms with Crippen molar-refractivity contribution < 1.29 is 9.84 Å². The Hall–Kier alpha value is -1.49. The van der Waals surface area contributed by atoms with E-state index in [9.17, 15) is 0 Å². The molecule has 1 aromatic heterocycles. The summed E-state index contributed by atoms with van der Waals surface area (Å²) in [5, 5.41) is 11.8. The molecule has 4 N–H and O–H groups in total. The smallest absolute Gasteiger partial charge is 0.215 e. The number of ether oxygens (including phenoxy) is 1. The van der Waals surface area contributed by atoms with Gasteiger partial charge in [0.05, 0.1) is 12.8 Å². The van der Waals surface area contributed by atoms with E-state index >= 15 is 0 Å². The van der Waals surface area contributed by atoms with Crippen molar-refractivity contribution >= 4 is 11.5 Å². The molecule has 0 aliphatic rings. The number of nitrogen functional groups attached to an aromatic ring is 1. The lowest BCUT2D eigenvalue weighted by Crippen LogP contribution is -2.06. The second-order valence-corrected chi connectivity index (χ2v) is 3.86. The summed E-state index contributed by atoms with van der Waals surface area (Å²) < 4.78 is 5.03. The third-order valence-electron chi connectivity index (χ3n) is 2.49. The molecule has 0 aromatic carbocycles. The molecule has 0 saturated heterocycles. The summed E-state index contributed by atoms with van der Waals surface area (Å²) in [7, 11) is 1.58. The van der Waals surface area contributed by atoms with Gasteiger partial charge in [-0.15, -0.1) is 0 Å². The second kappa shape index (κ2) is 7.73. The Balaban J connectivity index is 2.30. The molecule has 1 heterocycles. The van der Waals surface area contributed by atoms with Crippen LogP contribution in [0, 0.1) is 0 Å². The second-order valence-electron chi connectivity index (χ2n) is 3.86. The van der Waals surface area contributed by atoms with Gasteiger partial charge in [-0.3, -0.25) is 0 Å². The third kappa shape index (κ3) is 4.91. The molecule has 1 aromatic rings. The Morgan fingerprint density at radius 2 is 2.06 bits per heavy atom. The molecular weight excluding hydrogens is 218 g/mol. The highest BCUT2D eigenvalue weighted by molar-refractivity contribution is 5.61. The van der Waals surface area contributed by atoms with E-state index in [1.165, 1.54) is 0 Å². The Labute approximate surface area is 102 Å². The van der Waals surface area contributed by atoms with Crippen LogP contribution in [0.25, 0.3) is 0 Å². The molecule has 1 rings (SSSR count). The van der Waals surface area contributed by atoms with E-state index in [1.807, 2.05) is 0 Å². The Morgan fingerprint density at radius 1 is 1.29 bits per heavy atom. The van der Waals surface area contributed by atoms with Crippen LogP contribution in [0.1, 0.15) is 25.7 Å². The van der Waals surface area contributed by atoms with Gasteiger partial charge in [-0.1, -0.05) is 12.8 Å². The van der Waals surface area contributed by atoms with Crippen molar-refractivity contribution in [1.82, 2.24) is 4.98 Å². The first-order valence-corrected chi connectivity index (χ1v) is 5.93. The van der Waals surface area contributed by atoms with Crippen molar-refractivity contribution in [3.8, 4) is 5.88 Å². The van der Waals surface area contributed by atoms with Crippen LogP contribution in [0.2, 0.25) is 0 Å². The average Bonchev–Trinajstić information content (AvgIpc) is 2.35. The number of nitrogens with zero attached hydrogens (tertiary/aromatic N) is 1. The molecule has 0 radical (unpaired) electrons. The van der Waals surface area contributed by atoms with Crippen LogP contribution in [0.5, 0.6) is 5.88 Å². The van der Waals surface area contributed by atoms with Gasteiger partial charge in [0, 0.05) is 19.2 Å². The van der Waals surface area contributed by atoms with Gasteiger partial charge >= 0.3 is 0 Å². The number of hydrogen-bond donors (Lipinski definition) is 3. The molecule has 0 atom stereocenters. The van der Waals surface area contributed by atoms with Gasteiger partial charge < -0.3 is 20.9 Å². The number of methoxy groups -OCH3 is 1. The lowest BCUT2D eigenvalue weighted by atomic mass is 10.2. The topological polar surface area (TPSA) is 80.4 Å². The minimum atomic E-state index is 0.276. The van der Waals surface area contributed by atoms with Crippen molar-refractivity contribution in [2.24, 2.45) is 0 Å². The largest absolute Gasteiger partial charge is 0.481 e. The maximum absolute atomic E-state index is 8.64. The van der Waals surface area contributed by atoms with Crippen LogP contribution in [0.3, 0.4) is 0 Å². The quantitative estimate of drug-likeness (QED) is 0.601. The molecular formula is C12H21N3O2. The number of nitrogens with one attached hydrogen (secondary N) is 1. The summed E-state index contributed by atoms with van der Waals surface area (Å²) in [6.45, 7) is 1.10. The van der Waals surface area contributed by atoms with Crippen LogP contribution in [0.4, 0.5) is 11.5 Å². The number of unbranched alkanes of at least 4 members (excludes halogenated alkanes) is 3. The molecule has 0 saturated carbocycles. The van der Waals surface area contributed by atoms with Crippen LogP contribution in [-0.4, -0.2) is 30.4 Å². The normalized spacial score (nSPS) is 10.2. The number of aliphatic hydroxyl groups is 1. The summed E-state index contributed by atoms with van der Waals surface area (Å²) in [5.74, 6) is 1.23. The Morgan fingerprint density at radius 3 is 2.76 bits per heavy atom. The summed E-state index contributed by atoms with van der Waals surface area (Å²) in [4.78, 5) is 4.23. The van der Waals surface area contributed by atoms with Gasteiger partial charge in [0.2, 0.25) is 5.88 Å². The van der Waals surface area contributed by atoms with Crippen molar-refractivity contribution in [3.63, 3.8) is 0 Å². The number of pyridine rings is 1. The van der Waals surface area contributed by atoms with Gasteiger partial charge in [-0.05, 0) is 18.9 Å². The van der Waals surface area contributed by atoms with E-state index in [2.05, 4.69) is 10.3 Å². The van der Waals surface area contributed by atoms with E-state index in [1.54, 1.807) is 19.2 Å². The van der Waals surface area contributed by atoms with Gasteiger partial charge in [0.1, 0.15) is 0 Å². The highest BCUT2D eigenvalue weighted by atomic mass is 16.5. The monoisotopic (exact) mass is 239 g/mol. The van der Waals surface area contributed by atoms with Crippen LogP contribution >= 0.6 is 0 Å². The zero-order valence-electron chi connectivity index (χ0n) is 10.3. The highest BCUT2D eigenvalue weighted by Gasteiger charge is 2.02. The molecule has 5 heteroatoms. The minimum Gasteiger partial charge on any atom is -0.481 e. The van der Waals surface area contributed by atoms with Gasteiger partial charge in [0.15, 0.2) is 5.82 Å².